The lowest BCUT2D eigenvalue weighted by Crippen LogP contribution is -2.19. The molecule has 2 nitrogen and oxygen atoms in total. The Kier molecular flexibility index (Phi) is 3.98. The molecule has 110 valence electrons. The second-order valence-electron chi connectivity index (χ2n) is 6.09. The number of anilines is 1. The fraction of sp³-hybridized carbons (Fsp3) is 0.368. The number of hydrogen-bond acceptors (Lipinski definition) is 2. The van der Waals surface area contributed by atoms with Crippen molar-refractivity contribution in [2.24, 2.45) is 0 Å². The quantitative estimate of drug-likeness (QED) is 0.915. The molecule has 1 atom stereocenters. The van der Waals surface area contributed by atoms with Crippen molar-refractivity contribution < 1.29 is 0 Å². The van der Waals surface area contributed by atoms with Gasteiger partial charge in [-0.3, -0.25) is 0 Å². The van der Waals surface area contributed by atoms with E-state index in [0.29, 0.717) is 6.04 Å². The van der Waals surface area contributed by atoms with E-state index in [1.54, 1.807) is 0 Å². The van der Waals surface area contributed by atoms with Crippen LogP contribution in [0.2, 0.25) is 0 Å². The van der Waals surface area contributed by atoms with Crippen LogP contribution in [0.1, 0.15) is 35.2 Å². The molecule has 0 spiro atoms. The summed E-state index contributed by atoms with van der Waals surface area (Å²) in [6.45, 7) is 6.49. The van der Waals surface area contributed by atoms with Gasteiger partial charge in [-0.15, -0.1) is 0 Å². The monoisotopic (exact) mass is 280 g/mol. The van der Waals surface area contributed by atoms with E-state index in [9.17, 15) is 0 Å². The van der Waals surface area contributed by atoms with Crippen LogP contribution in [0.15, 0.2) is 42.5 Å². The molecule has 2 heteroatoms. The number of likely N-dealkylation sites (N-methyl/N-ethyl adjacent to an activating group) is 1. The van der Waals surface area contributed by atoms with Crippen LogP contribution in [0.3, 0.4) is 0 Å². The third kappa shape index (κ3) is 2.96. The number of hydrogen-bond donors (Lipinski definition) is 1. The van der Waals surface area contributed by atoms with E-state index in [2.05, 4.69) is 73.6 Å². The highest BCUT2D eigenvalue weighted by Crippen LogP contribution is 2.27. The average molecular weight is 280 g/mol. The van der Waals surface area contributed by atoms with Gasteiger partial charge >= 0.3 is 0 Å². The molecule has 0 unspecified atom stereocenters. The first-order valence-corrected chi connectivity index (χ1v) is 7.77. The number of rotatable bonds is 4. The maximum Gasteiger partial charge on any atom is 0.0397 e. The second kappa shape index (κ2) is 5.90. The Labute approximate surface area is 127 Å². The largest absolute Gasteiger partial charge is 0.374 e. The lowest BCUT2D eigenvalue weighted by molar-refractivity contribution is 0.572. The summed E-state index contributed by atoms with van der Waals surface area (Å²) in [5.41, 5.74) is 7.00. The van der Waals surface area contributed by atoms with Crippen LogP contribution in [0.5, 0.6) is 0 Å². The smallest absolute Gasteiger partial charge is 0.0397 e. The van der Waals surface area contributed by atoms with Crippen molar-refractivity contribution in [3.63, 3.8) is 0 Å². The lowest BCUT2D eigenvalue weighted by atomic mass is 10.0. The normalized spacial score (nSPS) is 15.1. The van der Waals surface area contributed by atoms with Crippen molar-refractivity contribution >= 4 is 5.69 Å². The Morgan fingerprint density at radius 1 is 1.19 bits per heavy atom. The van der Waals surface area contributed by atoms with E-state index in [0.717, 1.165) is 13.1 Å². The molecular weight excluding hydrogens is 256 g/mol. The zero-order valence-corrected chi connectivity index (χ0v) is 13.2. The standard InChI is InChI=1S/C19H24N2/c1-14-6-4-5-7-18(14)15(2)20-13-16-8-9-19-17(12-16)10-11-21(19)3/h4-9,12,15,20H,10-11,13H2,1-3H3/t15-/m0/s1. The molecule has 2 aromatic rings. The van der Waals surface area contributed by atoms with Gasteiger partial charge in [0.1, 0.15) is 0 Å². The summed E-state index contributed by atoms with van der Waals surface area (Å²) in [6.07, 6.45) is 1.17. The number of aryl methyl sites for hydroxylation is 1. The van der Waals surface area contributed by atoms with Gasteiger partial charge in [-0.1, -0.05) is 36.4 Å². The average Bonchev–Trinajstić information content (AvgIpc) is 2.86. The summed E-state index contributed by atoms with van der Waals surface area (Å²) < 4.78 is 0. The third-order valence-electron chi connectivity index (χ3n) is 4.54. The van der Waals surface area contributed by atoms with Crippen LogP contribution in [-0.2, 0) is 13.0 Å². The van der Waals surface area contributed by atoms with E-state index in [1.165, 1.54) is 34.4 Å². The Morgan fingerprint density at radius 3 is 2.81 bits per heavy atom. The second-order valence-corrected chi connectivity index (χ2v) is 6.09. The molecule has 1 aliphatic rings. The molecule has 0 amide bonds. The van der Waals surface area contributed by atoms with Crippen molar-refractivity contribution in [3.8, 4) is 0 Å². The number of nitrogens with zero attached hydrogens (tertiary/aromatic N) is 1. The molecule has 1 N–H and O–H groups in total. The van der Waals surface area contributed by atoms with E-state index >= 15 is 0 Å². The zero-order valence-electron chi connectivity index (χ0n) is 13.2. The van der Waals surface area contributed by atoms with Crippen molar-refractivity contribution in [1.29, 1.82) is 0 Å². The number of benzene rings is 2. The third-order valence-corrected chi connectivity index (χ3v) is 4.54. The first-order chi connectivity index (χ1) is 10.1. The molecule has 0 aliphatic carbocycles. The summed E-state index contributed by atoms with van der Waals surface area (Å²) >= 11 is 0. The highest BCUT2D eigenvalue weighted by atomic mass is 15.1. The first kappa shape index (κ1) is 14.2. The highest BCUT2D eigenvalue weighted by molar-refractivity contribution is 5.58. The molecule has 0 radical (unpaired) electrons. The summed E-state index contributed by atoms with van der Waals surface area (Å²) in [4.78, 5) is 2.34. The fourth-order valence-electron chi connectivity index (χ4n) is 3.18. The van der Waals surface area contributed by atoms with Gasteiger partial charge in [0.2, 0.25) is 0 Å². The summed E-state index contributed by atoms with van der Waals surface area (Å²) in [5, 5.41) is 3.64. The van der Waals surface area contributed by atoms with E-state index in [1.807, 2.05) is 0 Å². The summed E-state index contributed by atoms with van der Waals surface area (Å²) in [5.74, 6) is 0. The Morgan fingerprint density at radius 2 is 2.00 bits per heavy atom. The molecule has 0 fully saturated rings. The van der Waals surface area contributed by atoms with E-state index < -0.39 is 0 Å². The number of fused-ring (bicyclic) bond motifs is 1. The molecule has 2 aromatic carbocycles. The highest BCUT2D eigenvalue weighted by Gasteiger charge is 2.15. The van der Waals surface area contributed by atoms with Gasteiger partial charge in [0, 0.05) is 31.9 Å². The Hall–Kier alpha value is -1.80. The predicted octanol–water partition coefficient (Wildman–Crippen LogP) is 3.84. The molecule has 3 rings (SSSR count). The van der Waals surface area contributed by atoms with Gasteiger partial charge in [-0.05, 0) is 48.6 Å². The van der Waals surface area contributed by atoms with Gasteiger partial charge in [0.05, 0.1) is 0 Å². The van der Waals surface area contributed by atoms with Crippen LogP contribution < -0.4 is 10.2 Å². The molecule has 1 aliphatic heterocycles. The van der Waals surface area contributed by atoms with E-state index in [4.69, 9.17) is 0 Å². The van der Waals surface area contributed by atoms with Crippen LogP contribution in [-0.4, -0.2) is 13.6 Å². The van der Waals surface area contributed by atoms with Gasteiger partial charge in [0.25, 0.3) is 0 Å². The summed E-state index contributed by atoms with van der Waals surface area (Å²) in [6, 6.07) is 15.9. The molecule has 0 saturated carbocycles. The zero-order chi connectivity index (χ0) is 14.8. The van der Waals surface area contributed by atoms with Crippen molar-refractivity contribution in [3.05, 3.63) is 64.7 Å². The van der Waals surface area contributed by atoms with Crippen LogP contribution in [0.25, 0.3) is 0 Å². The van der Waals surface area contributed by atoms with Crippen LogP contribution >= 0.6 is 0 Å². The van der Waals surface area contributed by atoms with Crippen molar-refractivity contribution in [2.75, 3.05) is 18.5 Å². The Bertz CT molecular complexity index is 633. The molecule has 21 heavy (non-hydrogen) atoms. The maximum atomic E-state index is 3.64. The molecule has 0 aromatic heterocycles. The fourth-order valence-corrected chi connectivity index (χ4v) is 3.18. The summed E-state index contributed by atoms with van der Waals surface area (Å²) in [7, 11) is 2.17. The topological polar surface area (TPSA) is 15.3 Å². The van der Waals surface area contributed by atoms with Crippen molar-refractivity contribution in [1.82, 2.24) is 5.32 Å². The van der Waals surface area contributed by atoms with Crippen molar-refractivity contribution in [2.45, 2.75) is 32.9 Å². The van der Waals surface area contributed by atoms with Crippen LogP contribution in [0, 0.1) is 6.92 Å². The van der Waals surface area contributed by atoms with Gasteiger partial charge in [-0.2, -0.15) is 0 Å². The molecular formula is C19H24N2. The predicted molar refractivity (Wildman–Crippen MR) is 89.8 cm³/mol. The minimum atomic E-state index is 0.377. The minimum Gasteiger partial charge on any atom is -0.374 e. The first-order valence-electron chi connectivity index (χ1n) is 7.77. The molecule has 0 saturated heterocycles. The van der Waals surface area contributed by atoms with Gasteiger partial charge < -0.3 is 10.2 Å². The SMILES string of the molecule is Cc1ccccc1[C@H](C)NCc1ccc2c(c1)CCN2C. The van der Waals surface area contributed by atoms with E-state index in [-0.39, 0.29) is 0 Å². The molecule has 0 bridgehead atoms. The maximum absolute atomic E-state index is 3.64. The number of nitrogens with one attached hydrogen (secondary N) is 1. The lowest BCUT2D eigenvalue weighted by Gasteiger charge is -2.17. The minimum absolute atomic E-state index is 0.377. The van der Waals surface area contributed by atoms with Gasteiger partial charge in [-0.25, -0.2) is 0 Å². The Balaban J connectivity index is 1.67. The molecule has 1 heterocycles. The van der Waals surface area contributed by atoms with Gasteiger partial charge in [0.15, 0.2) is 0 Å². The van der Waals surface area contributed by atoms with Crippen LogP contribution in [0.4, 0.5) is 5.69 Å².